The maximum Gasteiger partial charge on any atom is 0.221 e. The standard InChI is InChI=1S/C22H27FN4O/c1-14(2)27-7-5-15(6-8-27)18-9-16-10-21(25-20(16)11-19(18)23)22(28)17(12-24)13-26(3)4/h9-11,13-15,25H,5-8H2,1-4H3/b17-13+. The Morgan fingerprint density at radius 2 is 2.00 bits per heavy atom. The van der Waals surface area contributed by atoms with Crippen LogP contribution in [0, 0.1) is 17.1 Å². The van der Waals surface area contributed by atoms with Crippen LogP contribution in [-0.2, 0) is 0 Å². The average molecular weight is 382 g/mol. The van der Waals surface area contributed by atoms with Crippen molar-refractivity contribution in [1.29, 1.82) is 5.26 Å². The van der Waals surface area contributed by atoms with Crippen molar-refractivity contribution in [2.24, 2.45) is 0 Å². The number of carbonyl (C=O) groups excluding carboxylic acids is 1. The third-order valence-electron chi connectivity index (χ3n) is 5.43. The number of carbonyl (C=O) groups is 1. The maximum absolute atomic E-state index is 14.8. The Morgan fingerprint density at radius 1 is 1.32 bits per heavy atom. The van der Waals surface area contributed by atoms with Gasteiger partial charge in [0.1, 0.15) is 17.5 Å². The van der Waals surface area contributed by atoms with Crippen LogP contribution in [0.5, 0.6) is 0 Å². The largest absolute Gasteiger partial charge is 0.382 e. The van der Waals surface area contributed by atoms with E-state index in [4.69, 9.17) is 0 Å². The van der Waals surface area contributed by atoms with Gasteiger partial charge in [-0.2, -0.15) is 5.26 Å². The molecule has 0 aliphatic carbocycles. The summed E-state index contributed by atoms with van der Waals surface area (Å²) in [6.07, 6.45) is 3.35. The van der Waals surface area contributed by atoms with Crippen molar-refractivity contribution < 1.29 is 9.18 Å². The number of hydrogen-bond donors (Lipinski definition) is 1. The zero-order valence-corrected chi connectivity index (χ0v) is 16.9. The Kier molecular flexibility index (Phi) is 5.85. The smallest absolute Gasteiger partial charge is 0.221 e. The summed E-state index contributed by atoms with van der Waals surface area (Å²) in [5.74, 6) is -0.433. The van der Waals surface area contributed by atoms with Crippen LogP contribution in [0.2, 0.25) is 0 Å². The molecule has 0 unspecified atom stereocenters. The third-order valence-corrected chi connectivity index (χ3v) is 5.43. The molecule has 5 nitrogen and oxygen atoms in total. The van der Waals surface area contributed by atoms with E-state index in [1.807, 2.05) is 12.1 Å². The molecule has 0 atom stereocenters. The minimum Gasteiger partial charge on any atom is -0.382 e. The average Bonchev–Trinajstić information content (AvgIpc) is 3.07. The van der Waals surface area contributed by atoms with E-state index < -0.39 is 0 Å². The van der Waals surface area contributed by atoms with Gasteiger partial charge in [0.25, 0.3) is 0 Å². The molecule has 0 amide bonds. The molecule has 1 aromatic heterocycles. The van der Waals surface area contributed by atoms with Crippen LogP contribution in [0.3, 0.4) is 0 Å². The second-order valence-corrected chi connectivity index (χ2v) is 8.00. The molecule has 28 heavy (non-hydrogen) atoms. The number of benzene rings is 1. The molecule has 0 saturated carbocycles. The Morgan fingerprint density at radius 3 is 2.57 bits per heavy atom. The molecule has 1 fully saturated rings. The molecule has 2 aromatic rings. The zero-order valence-electron chi connectivity index (χ0n) is 16.9. The number of piperidine rings is 1. The molecule has 1 N–H and O–H groups in total. The number of Topliss-reactive ketones (excluding diaryl/α,β-unsaturated/α-hetero) is 1. The summed E-state index contributed by atoms with van der Waals surface area (Å²) in [5.41, 5.74) is 1.64. The predicted molar refractivity (Wildman–Crippen MR) is 109 cm³/mol. The van der Waals surface area contributed by atoms with Gasteiger partial charge in [-0.3, -0.25) is 4.79 Å². The molecule has 6 heteroatoms. The number of likely N-dealkylation sites (tertiary alicyclic amines) is 1. The van der Waals surface area contributed by atoms with Gasteiger partial charge in [-0.15, -0.1) is 0 Å². The number of allylic oxidation sites excluding steroid dienone is 1. The van der Waals surface area contributed by atoms with Crippen LogP contribution in [0.25, 0.3) is 10.9 Å². The van der Waals surface area contributed by atoms with Gasteiger partial charge in [0.2, 0.25) is 5.78 Å². The van der Waals surface area contributed by atoms with Gasteiger partial charge in [0.15, 0.2) is 0 Å². The summed E-state index contributed by atoms with van der Waals surface area (Å²) in [4.78, 5) is 19.6. The van der Waals surface area contributed by atoms with Crippen molar-refractivity contribution in [3.8, 4) is 6.07 Å². The van der Waals surface area contributed by atoms with Gasteiger partial charge in [-0.1, -0.05) is 0 Å². The second-order valence-electron chi connectivity index (χ2n) is 8.00. The number of nitrogens with one attached hydrogen (secondary N) is 1. The molecular weight excluding hydrogens is 355 g/mol. The van der Waals surface area contributed by atoms with E-state index in [9.17, 15) is 14.4 Å². The fraction of sp³-hybridized carbons (Fsp3) is 0.455. The Hall–Kier alpha value is -2.65. The van der Waals surface area contributed by atoms with Crippen LogP contribution < -0.4 is 0 Å². The minimum atomic E-state index is -0.389. The van der Waals surface area contributed by atoms with Crippen molar-refractivity contribution in [2.45, 2.75) is 38.6 Å². The Balaban J connectivity index is 1.88. The van der Waals surface area contributed by atoms with E-state index in [1.54, 1.807) is 25.1 Å². The molecule has 2 heterocycles. The number of nitriles is 1. The van der Waals surface area contributed by atoms with Crippen LogP contribution in [-0.4, -0.2) is 53.8 Å². The number of aromatic amines is 1. The molecule has 0 spiro atoms. The summed E-state index contributed by atoms with van der Waals surface area (Å²) in [7, 11) is 3.50. The summed E-state index contributed by atoms with van der Waals surface area (Å²) < 4.78 is 14.8. The van der Waals surface area contributed by atoms with E-state index in [-0.39, 0.29) is 23.1 Å². The summed E-state index contributed by atoms with van der Waals surface area (Å²) >= 11 is 0. The normalized spacial score (nSPS) is 16.5. The van der Waals surface area contributed by atoms with Gasteiger partial charge in [-0.05, 0) is 69.5 Å². The molecule has 1 aliphatic heterocycles. The number of ketones is 1. The van der Waals surface area contributed by atoms with Gasteiger partial charge < -0.3 is 14.8 Å². The fourth-order valence-electron chi connectivity index (χ4n) is 3.88. The molecule has 3 rings (SSSR count). The predicted octanol–water partition coefficient (Wildman–Crippen LogP) is 4.05. The van der Waals surface area contributed by atoms with Crippen molar-refractivity contribution in [3.05, 3.63) is 47.0 Å². The van der Waals surface area contributed by atoms with Gasteiger partial charge in [0, 0.05) is 37.2 Å². The summed E-state index contributed by atoms with van der Waals surface area (Å²) in [6.45, 7) is 6.31. The monoisotopic (exact) mass is 382 g/mol. The van der Waals surface area contributed by atoms with Crippen LogP contribution in [0.1, 0.15) is 48.7 Å². The van der Waals surface area contributed by atoms with Crippen LogP contribution in [0.4, 0.5) is 4.39 Å². The lowest BCUT2D eigenvalue weighted by molar-refractivity contribution is 0.103. The topological polar surface area (TPSA) is 63.1 Å². The van der Waals surface area contributed by atoms with Crippen LogP contribution in [0.15, 0.2) is 30.0 Å². The number of H-pyrrole nitrogens is 1. The quantitative estimate of drug-likeness (QED) is 0.481. The first-order chi connectivity index (χ1) is 13.3. The lowest BCUT2D eigenvalue weighted by Gasteiger charge is -2.34. The highest BCUT2D eigenvalue weighted by atomic mass is 19.1. The highest BCUT2D eigenvalue weighted by molar-refractivity contribution is 6.12. The summed E-state index contributed by atoms with van der Waals surface area (Å²) in [6, 6.07) is 7.48. The number of halogens is 1. The van der Waals surface area contributed by atoms with Crippen molar-refractivity contribution >= 4 is 16.7 Å². The first-order valence-corrected chi connectivity index (χ1v) is 9.69. The number of nitrogens with zero attached hydrogens (tertiary/aromatic N) is 3. The van der Waals surface area contributed by atoms with Crippen molar-refractivity contribution in [2.75, 3.05) is 27.2 Å². The number of hydrogen-bond acceptors (Lipinski definition) is 4. The SMILES string of the molecule is CC(C)N1CCC(c2cc3cc(C(=O)/C(C#N)=C/N(C)C)[nH]c3cc2F)CC1. The highest BCUT2D eigenvalue weighted by Gasteiger charge is 2.25. The van der Waals surface area contributed by atoms with Crippen LogP contribution >= 0.6 is 0 Å². The minimum absolute atomic E-state index is 0.0401. The van der Waals surface area contributed by atoms with Gasteiger partial charge >= 0.3 is 0 Å². The Labute approximate surface area is 165 Å². The zero-order chi connectivity index (χ0) is 20.4. The lowest BCUT2D eigenvalue weighted by Crippen LogP contribution is -2.37. The number of fused-ring (bicyclic) bond motifs is 1. The lowest BCUT2D eigenvalue weighted by atomic mass is 9.88. The summed E-state index contributed by atoms with van der Waals surface area (Å²) in [5, 5.41) is 10.1. The molecule has 0 bridgehead atoms. The Bertz CT molecular complexity index is 943. The molecule has 148 valence electrons. The van der Waals surface area contributed by atoms with Gasteiger partial charge in [-0.25, -0.2) is 4.39 Å². The maximum atomic E-state index is 14.8. The molecule has 0 radical (unpaired) electrons. The second kappa shape index (κ2) is 8.15. The van der Waals surface area contributed by atoms with Gasteiger partial charge in [0.05, 0.1) is 5.69 Å². The van der Waals surface area contributed by atoms with Crippen molar-refractivity contribution in [1.82, 2.24) is 14.8 Å². The third kappa shape index (κ3) is 4.10. The number of aromatic nitrogens is 1. The molecule has 1 aliphatic rings. The molecular formula is C22H27FN4O. The first-order valence-electron chi connectivity index (χ1n) is 9.69. The fourth-order valence-corrected chi connectivity index (χ4v) is 3.88. The van der Waals surface area contributed by atoms with Crippen molar-refractivity contribution in [3.63, 3.8) is 0 Å². The van der Waals surface area contributed by atoms with E-state index in [0.29, 0.717) is 17.3 Å². The number of rotatable bonds is 5. The highest BCUT2D eigenvalue weighted by Crippen LogP contribution is 2.33. The molecule has 1 saturated heterocycles. The van der Waals surface area contributed by atoms with E-state index >= 15 is 0 Å². The van der Waals surface area contributed by atoms with E-state index in [2.05, 4.69) is 23.7 Å². The van der Waals surface area contributed by atoms with E-state index in [0.717, 1.165) is 36.9 Å². The molecule has 1 aromatic carbocycles. The first kappa shape index (κ1) is 20.1. The van der Waals surface area contributed by atoms with E-state index in [1.165, 1.54) is 12.3 Å².